The summed E-state index contributed by atoms with van der Waals surface area (Å²) in [6, 6.07) is 17.2. The van der Waals surface area contributed by atoms with Crippen LogP contribution in [-0.4, -0.2) is 26.6 Å². The van der Waals surface area contributed by atoms with Gasteiger partial charge in [-0.05, 0) is 60.9 Å². The second-order valence-corrected chi connectivity index (χ2v) is 11.0. The van der Waals surface area contributed by atoms with Crippen LogP contribution in [-0.2, 0) is 15.8 Å². The third kappa shape index (κ3) is 6.67. The molecule has 0 bridgehead atoms. The highest BCUT2D eigenvalue weighted by Crippen LogP contribution is 2.27. The molecule has 33 heavy (non-hydrogen) atoms. The Kier molecular flexibility index (Phi) is 8.70. The lowest BCUT2D eigenvalue weighted by Gasteiger charge is -2.14. The van der Waals surface area contributed by atoms with Crippen molar-refractivity contribution < 1.29 is 13.2 Å². The van der Waals surface area contributed by atoms with Crippen LogP contribution in [0.1, 0.15) is 27.0 Å². The van der Waals surface area contributed by atoms with Gasteiger partial charge < -0.3 is 5.32 Å². The quantitative estimate of drug-likeness (QED) is 0.334. The van der Waals surface area contributed by atoms with E-state index in [0.29, 0.717) is 18.0 Å². The third-order valence-electron chi connectivity index (χ3n) is 5.08. The van der Waals surface area contributed by atoms with Crippen LogP contribution in [0.5, 0.6) is 0 Å². The van der Waals surface area contributed by atoms with Gasteiger partial charge in [-0.1, -0.05) is 53.5 Å². The maximum Gasteiger partial charge on any atom is 0.263 e. The highest BCUT2D eigenvalue weighted by Gasteiger charge is 2.21. The average molecular weight is 524 g/mol. The van der Waals surface area contributed by atoms with Crippen molar-refractivity contribution in [3.05, 3.63) is 93.0 Å². The number of halogens is 2. The number of aryl methyl sites for hydroxylation is 1. The third-order valence-corrected chi connectivity index (χ3v) is 8.30. The molecule has 0 aliphatic rings. The first kappa shape index (κ1) is 25.4. The number of carbonyl (C=O) groups is 1. The van der Waals surface area contributed by atoms with Gasteiger partial charge in [0, 0.05) is 28.6 Å². The lowest BCUT2D eigenvalue weighted by molar-refractivity contribution is 0.0956. The first-order valence-corrected chi connectivity index (χ1v) is 13.6. The van der Waals surface area contributed by atoms with Crippen LogP contribution in [0.25, 0.3) is 0 Å². The number of thioether (sulfide) groups is 1. The van der Waals surface area contributed by atoms with Gasteiger partial charge >= 0.3 is 0 Å². The molecule has 0 atom stereocenters. The Labute approximate surface area is 208 Å². The normalized spacial score (nSPS) is 11.3. The summed E-state index contributed by atoms with van der Waals surface area (Å²) in [7, 11) is -3.98. The number of nitrogens with one attached hydrogen (secondary N) is 2. The Bertz CT molecular complexity index is 1260. The fourth-order valence-corrected chi connectivity index (χ4v) is 5.84. The number of carbonyl (C=O) groups excluding carboxylic acids is 1. The molecule has 3 aromatic carbocycles. The van der Waals surface area contributed by atoms with Crippen LogP contribution in [0.4, 0.5) is 5.69 Å². The van der Waals surface area contributed by atoms with Gasteiger partial charge in [0.05, 0.1) is 10.7 Å². The number of hydrogen-bond donors (Lipinski definition) is 2. The molecular weight excluding hydrogens is 499 g/mol. The predicted molar refractivity (Wildman–Crippen MR) is 138 cm³/mol. The van der Waals surface area contributed by atoms with Gasteiger partial charge in [-0.3, -0.25) is 9.52 Å². The maximum atomic E-state index is 13.0. The number of anilines is 1. The number of hydrogen-bond acceptors (Lipinski definition) is 4. The molecule has 174 valence electrons. The van der Waals surface area contributed by atoms with Crippen LogP contribution in [0.3, 0.4) is 0 Å². The monoisotopic (exact) mass is 522 g/mol. The zero-order valence-electron chi connectivity index (χ0n) is 18.2. The fourth-order valence-electron chi connectivity index (χ4n) is 3.05. The molecule has 5 nitrogen and oxygen atoms in total. The molecule has 0 aliphatic carbocycles. The topological polar surface area (TPSA) is 75.3 Å². The SMILES string of the molecule is Cc1cccc(NS(=O)(=O)c2cc(C(=O)NCCSCc3ccccc3Cl)ccc2Cl)c1C. The number of rotatable bonds is 9. The van der Waals surface area contributed by atoms with Gasteiger partial charge in [-0.15, -0.1) is 0 Å². The molecule has 1 amide bonds. The first-order valence-electron chi connectivity index (χ1n) is 10.2. The average Bonchev–Trinajstić information content (AvgIpc) is 2.78. The standard InChI is InChI=1S/C24H24Cl2N2O3S2/c1-16-6-5-9-22(17(16)2)28-33(30,31)23-14-18(10-11-21(23)26)24(29)27-12-13-32-15-19-7-3-4-8-20(19)25/h3-11,14,28H,12-13,15H2,1-2H3,(H,27,29). The molecule has 0 aliphatic heterocycles. The summed E-state index contributed by atoms with van der Waals surface area (Å²) in [5.41, 5.74) is 3.51. The van der Waals surface area contributed by atoms with E-state index in [-0.39, 0.29) is 21.4 Å². The molecule has 0 fully saturated rings. The van der Waals surface area contributed by atoms with E-state index >= 15 is 0 Å². The van der Waals surface area contributed by atoms with Crippen LogP contribution in [0.15, 0.2) is 65.6 Å². The smallest absolute Gasteiger partial charge is 0.263 e. The summed E-state index contributed by atoms with van der Waals surface area (Å²) in [4.78, 5) is 12.4. The Hall–Kier alpha value is -2.19. The summed E-state index contributed by atoms with van der Waals surface area (Å²) in [6.07, 6.45) is 0. The van der Waals surface area contributed by atoms with E-state index < -0.39 is 10.0 Å². The molecular formula is C24H24Cl2N2O3S2. The van der Waals surface area contributed by atoms with E-state index in [1.165, 1.54) is 18.2 Å². The second kappa shape index (κ2) is 11.3. The lowest BCUT2D eigenvalue weighted by atomic mass is 10.1. The summed E-state index contributed by atoms with van der Waals surface area (Å²) < 4.78 is 28.5. The summed E-state index contributed by atoms with van der Waals surface area (Å²) in [5.74, 6) is 1.06. The summed E-state index contributed by atoms with van der Waals surface area (Å²) in [5, 5.41) is 3.58. The van der Waals surface area contributed by atoms with Gasteiger partial charge in [0.1, 0.15) is 4.90 Å². The van der Waals surface area contributed by atoms with E-state index in [1.807, 2.05) is 44.2 Å². The van der Waals surface area contributed by atoms with Crippen LogP contribution >= 0.6 is 35.0 Å². The van der Waals surface area contributed by atoms with Crippen molar-refractivity contribution in [2.75, 3.05) is 17.0 Å². The molecule has 0 unspecified atom stereocenters. The van der Waals surface area contributed by atoms with Crippen molar-refractivity contribution in [3.63, 3.8) is 0 Å². The minimum atomic E-state index is -3.98. The zero-order valence-corrected chi connectivity index (χ0v) is 21.3. The van der Waals surface area contributed by atoms with Crippen molar-refractivity contribution in [2.24, 2.45) is 0 Å². The van der Waals surface area contributed by atoms with Crippen molar-refractivity contribution in [3.8, 4) is 0 Å². The number of benzene rings is 3. The van der Waals surface area contributed by atoms with E-state index in [2.05, 4.69) is 10.0 Å². The van der Waals surface area contributed by atoms with Crippen LogP contribution < -0.4 is 10.0 Å². The lowest BCUT2D eigenvalue weighted by Crippen LogP contribution is -2.26. The molecule has 3 rings (SSSR count). The summed E-state index contributed by atoms with van der Waals surface area (Å²) in [6.45, 7) is 4.17. The van der Waals surface area contributed by atoms with Gasteiger partial charge in [0.2, 0.25) is 0 Å². The van der Waals surface area contributed by atoms with E-state index in [4.69, 9.17) is 23.2 Å². The van der Waals surface area contributed by atoms with E-state index in [1.54, 1.807) is 23.9 Å². The Morgan fingerprint density at radius 2 is 1.73 bits per heavy atom. The highest BCUT2D eigenvalue weighted by molar-refractivity contribution is 7.98. The molecule has 2 N–H and O–H groups in total. The highest BCUT2D eigenvalue weighted by atomic mass is 35.5. The minimum Gasteiger partial charge on any atom is -0.351 e. The Morgan fingerprint density at radius 1 is 0.970 bits per heavy atom. The molecule has 0 saturated heterocycles. The van der Waals surface area contributed by atoms with Crippen molar-refractivity contribution in [2.45, 2.75) is 24.5 Å². The molecule has 3 aromatic rings. The first-order chi connectivity index (χ1) is 15.7. The molecule has 0 saturated carbocycles. The summed E-state index contributed by atoms with van der Waals surface area (Å²) >= 11 is 14.0. The molecule has 0 heterocycles. The van der Waals surface area contributed by atoms with Gasteiger partial charge in [-0.2, -0.15) is 11.8 Å². The molecule has 9 heteroatoms. The van der Waals surface area contributed by atoms with Gasteiger partial charge in [-0.25, -0.2) is 8.42 Å². The number of amides is 1. The molecule has 0 aromatic heterocycles. The van der Waals surface area contributed by atoms with Crippen molar-refractivity contribution in [1.82, 2.24) is 5.32 Å². The molecule has 0 spiro atoms. The van der Waals surface area contributed by atoms with Crippen molar-refractivity contribution >= 4 is 56.6 Å². The largest absolute Gasteiger partial charge is 0.351 e. The van der Waals surface area contributed by atoms with Crippen molar-refractivity contribution in [1.29, 1.82) is 0 Å². The van der Waals surface area contributed by atoms with Crippen LogP contribution in [0.2, 0.25) is 10.0 Å². The van der Waals surface area contributed by atoms with E-state index in [0.717, 1.165) is 27.5 Å². The minimum absolute atomic E-state index is 0.0413. The predicted octanol–water partition coefficient (Wildman–Crippen LogP) is 6.07. The number of sulfonamides is 1. The van der Waals surface area contributed by atoms with Crippen LogP contribution in [0, 0.1) is 13.8 Å². The van der Waals surface area contributed by atoms with E-state index in [9.17, 15) is 13.2 Å². The Balaban J connectivity index is 1.63. The van der Waals surface area contributed by atoms with Gasteiger partial charge in [0.25, 0.3) is 15.9 Å². The molecule has 0 radical (unpaired) electrons. The maximum absolute atomic E-state index is 13.0. The Morgan fingerprint density at radius 3 is 2.48 bits per heavy atom. The zero-order chi connectivity index (χ0) is 24.0. The van der Waals surface area contributed by atoms with Gasteiger partial charge in [0.15, 0.2) is 0 Å². The fraction of sp³-hybridized carbons (Fsp3) is 0.208. The second-order valence-electron chi connectivity index (χ2n) is 7.40.